The molecular weight excluding hydrogens is 333 g/mol. The van der Waals surface area contributed by atoms with Crippen molar-refractivity contribution in [1.82, 2.24) is 0 Å². The maximum atomic E-state index is 7.07. The molecule has 0 saturated heterocycles. The number of aliphatic imine (C=N–C) groups is 1. The monoisotopic (exact) mass is 355 g/mol. The molecule has 134 valence electrons. The van der Waals surface area contributed by atoms with Gasteiger partial charge in [-0.25, -0.2) is 0 Å². The van der Waals surface area contributed by atoms with Crippen molar-refractivity contribution < 1.29 is 4.74 Å². The third kappa shape index (κ3) is 5.14. The van der Waals surface area contributed by atoms with Crippen molar-refractivity contribution in [2.75, 3.05) is 0 Å². The number of rotatable bonds is 6. The molecule has 5 heteroatoms. The number of hydrogen-bond acceptors (Lipinski definition) is 4. The molecule has 0 radical (unpaired) electrons. The molecule has 1 aliphatic heterocycles. The molecule has 0 fully saturated rings. The number of ether oxygens (including phenoxy) is 1. The summed E-state index contributed by atoms with van der Waals surface area (Å²) in [6.45, 7) is 4.28. The first-order chi connectivity index (χ1) is 13.2. The van der Waals surface area contributed by atoms with Crippen LogP contribution in [0.1, 0.15) is 18.9 Å². The quantitative estimate of drug-likeness (QED) is 0.616. The topological polar surface area (TPSA) is 71.5 Å². The molecule has 3 N–H and O–H groups in total. The van der Waals surface area contributed by atoms with E-state index >= 15 is 0 Å². The number of nitrogens with zero attached hydrogens (tertiary/aromatic N) is 1. The summed E-state index contributed by atoms with van der Waals surface area (Å²) in [5.41, 5.74) is 9.66. The van der Waals surface area contributed by atoms with E-state index in [1.807, 2.05) is 60.8 Å². The minimum absolute atomic E-state index is 0.235. The molecule has 1 atom stereocenters. The van der Waals surface area contributed by atoms with Crippen molar-refractivity contribution in [3.05, 3.63) is 72.3 Å². The molecular formula is C22H22BN3O. The van der Waals surface area contributed by atoms with Gasteiger partial charge >= 0.3 is 155 Å². The molecule has 1 unspecified atom stereocenters. The number of allylic oxidation sites excluding steroid dienone is 2. The Morgan fingerprint density at radius 2 is 1.81 bits per heavy atom. The molecule has 0 bridgehead atoms. The summed E-state index contributed by atoms with van der Waals surface area (Å²) in [6.07, 6.45) is 9.68. The Hall–Kier alpha value is -3.21. The van der Waals surface area contributed by atoms with E-state index in [0.717, 1.165) is 28.9 Å². The fourth-order valence-electron chi connectivity index (χ4n) is 2.81. The van der Waals surface area contributed by atoms with E-state index in [0.29, 0.717) is 5.70 Å². The van der Waals surface area contributed by atoms with E-state index in [4.69, 9.17) is 15.9 Å². The van der Waals surface area contributed by atoms with Gasteiger partial charge in [-0.05, 0) is 0 Å². The van der Waals surface area contributed by atoms with Gasteiger partial charge in [0.25, 0.3) is 0 Å². The van der Waals surface area contributed by atoms with E-state index in [2.05, 4.69) is 24.9 Å². The molecule has 0 spiro atoms. The first-order valence-electron chi connectivity index (χ1n) is 8.87. The second-order valence-electron chi connectivity index (χ2n) is 6.35. The van der Waals surface area contributed by atoms with Crippen molar-refractivity contribution in [2.45, 2.75) is 19.4 Å². The van der Waals surface area contributed by atoms with Crippen LogP contribution in [0.4, 0.5) is 0 Å². The van der Waals surface area contributed by atoms with Crippen molar-refractivity contribution in [3.63, 3.8) is 0 Å². The van der Waals surface area contributed by atoms with Crippen molar-refractivity contribution in [1.29, 1.82) is 5.41 Å². The van der Waals surface area contributed by atoms with Gasteiger partial charge in [0.2, 0.25) is 0 Å². The Labute approximate surface area is 160 Å². The average molecular weight is 355 g/mol. The molecule has 3 rings (SSSR count). The van der Waals surface area contributed by atoms with Gasteiger partial charge in [-0.1, -0.05) is 0 Å². The summed E-state index contributed by atoms with van der Waals surface area (Å²) in [7, 11) is 0. The summed E-state index contributed by atoms with van der Waals surface area (Å²) in [5, 5.41) is 7.07. The third-order valence-corrected chi connectivity index (χ3v) is 4.33. The number of benzene rings is 2. The van der Waals surface area contributed by atoms with Gasteiger partial charge in [-0.15, -0.1) is 0 Å². The molecule has 27 heavy (non-hydrogen) atoms. The van der Waals surface area contributed by atoms with Crippen LogP contribution < -0.4 is 15.9 Å². The van der Waals surface area contributed by atoms with Gasteiger partial charge < -0.3 is 5.41 Å². The second-order valence-corrected chi connectivity index (χ2v) is 6.35. The van der Waals surface area contributed by atoms with Crippen LogP contribution in [0.15, 0.2) is 71.8 Å². The summed E-state index contributed by atoms with van der Waals surface area (Å²) < 4.78 is 5.89. The van der Waals surface area contributed by atoms with Gasteiger partial charge in [0.05, 0.1) is 0 Å². The van der Waals surface area contributed by atoms with Crippen molar-refractivity contribution in [2.24, 2.45) is 10.7 Å². The third-order valence-electron chi connectivity index (χ3n) is 4.33. The number of nitrogens with two attached hydrogens (primary N) is 1. The fraction of sp³-hybridized carbons (Fsp3) is 0.136. The molecule has 4 nitrogen and oxygen atoms in total. The average Bonchev–Trinajstić information content (AvgIpc) is 2.71. The summed E-state index contributed by atoms with van der Waals surface area (Å²) in [4.78, 5) is 4.50. The van der Waals surface area contributed by atoms with E-state index in [-0.39, 0.29) is 6.04 Å². The van der Waals surface area contributed by atoms with Crippen LogP contribution >= 0.6 is 0 Å². The van der Waals surface area contributed by atoms with Gasteiger partial charge in [0.1, 0.15) is 0 Å². The van der Waals surface area contributed by atoms with E-state index in [9.17, 15) is 0 Å². The predicted octanol–water partition coefficient (Wildman–Crippen LogP) is 3.35. The molecule has 0 saturated carbocycles. The standard InChI is InChI=1S/C22H22BN3O/c1-16(22-4-2-3-15-26-22)23-18-7-11-20(12-8-18)27-19-9-5-17(6-10-19)21(25)13-14-24/h2-3,5-15,22,24H,4,25H2,1H3/b21-13-,24-14?. The van der Waals surface area contributed by atoms with Crippen molar-refractivity contribution >= 4 is 36.0 Å². The second kappa shape index (κ2) is 8.94. The van der Waals surface area contributed by atoms with E-state index in [1.165, 1.54) is 11.7 Å². The number of nitrogens with one attached hydrogen (secondary N) is 1. The van der Waals surface area contributed by atoms with Gasteiger partial charge in [0.15, 0.2) is 0 Å². The van der Waals surface area contributed by atoms with Crippen LogP contribution in [0.2, 0.25) is 0 Å². The zero-order chi connectivity index (χ0) is 19.1. The zero-order valence-corrected chi connectivity index (χ0v) is 15.3. The molecule has 1 heterocycles. The number of dihydropyridines is 1. The first-order valence-corrected chi connectivity index (χ1v) is 8.87. The molecule has 2 aromatic rings. The van der Waals surface area contributed by atoms with E-state index in [1.54, 1.807) is 6.08 Å². The van der Waals surface area contributed by atoms with Crippen LogP contribution in [-0.4, -0.2) is 30.9 Å². The zero-order valence-electron chi connectivity index (χ0n) is 15.3. The fourth-order valence-corrected chi connectivity index (χ4v) is 2.81. The first kappa shape index (κ1) is 18.6. The molecule has 0 aromatic heterocycles. The van der Waals surface area contributed by atoms with Crippen LogP contribution in [0.5, 0.6) is 11.5 Å². The normalized spacial score (nSPS) is 16.7. The molecule has 0 amide bonds. The van der Waals surface area contributed by atoms with Gasteiger partial charge in [-0.2, -0.15) is 0 Å². The van der Waals surface area contributed by atoms with Crippen LogP contribution in [0.25, 0.3) is 5.70 Å². The van der Waals surface area contributed by atoms with E-state index < -0.39 is 0 Å². The van der Waals surface area contributed by atoms with Crippen LogP contribution in [-0.2, 0) is 0 Å². The summed E-state index contributed by atoms with van der Waals surface area (Å²) in [6, 6.07) is 15.7. The Morgan fingerprint density at radius 3 is 2.41 bits per heavy atom. The van der Waals surface area contributed by atoms with Gasteiger partial charge in [0, 0.05) is 0 Å². The minimum atomic E-state index is 0.235. The van der Waals surface area contributed by atoms with Gasteiger partial charge in [-0.3, -0.25) is 0 Å². The Balaban J connectivity index is 1.65. The summed E-state index contributed by atoms with van der Waals surface area (Å²) in [5.74, 6) is 1.52. The van der Waals surface area contributed by atoms with Crippen LogP contribution in [0.3, 0.4) is 0 Å². The maximum absolute atomic E-state index is 7.07. The Kier molecular flexibility index (Phi) is 6.16. The molecule has 2 aromatic carbocycles. The SMILES string of the molecule is C/C(=B\c1ccc(Oc2ccc(/C(N)=C/C=N)cc2)cc1)C1CC=CC=N1. The summed E-state index contributed by atoms with van der Waals surface area (Å²) >= 11 is 0. The van der Waals surface area contributed by atoms with Crippen molar-refractivity contribution in [3.8, 4) is 11.5 Å². The Bertz CT molecular complexity index is 910. The number of hydrogen-bond donors (Lipinski definition) is 2. The molecule has 0 aliphatic carbocycles. The van der Waals surface area contributed by atoms with Crippen LogP contribution in [0, 0.1) is 5.41 Å². The predicted molar refractivity (Wildman–Crippen MR) is 116 cm³/mol. The molecule has 1 aliphatic rings. The Morgan fingerprint density at radius 1 is 1.15 bits per heavy atom.